The number of para-hydroxylation sites is 1. The van der Waals surface area contributed by atoms with Gasteiger partial charge in [-0.25, -0.2) is 8.42 Å². The van der Waals surface area contributed by atoms with E-state index >= 15 is 0 Å². The van der Waals surface area contributed by atoms with Crippen LogP contribution in [0, 0.1) is 0 Å². The van der Waals surface area contributed by atoms with E-state index in [4.69, 9.17) is 0 Å². The normalized spacial score (nSPS) is 11.0. The minimum atomic E-state index is -3.71. The van der Waals surface area contributed by atoms with Crippen molar-refractivity contribution in [3.8, 4) is 0 Å². The molecule has 0 saturated heterocycles. The Bertz CT molecular complexity index is 926. The van der Waals surface area contributed by atoms with Gasteiger partial charge in [-0.3, -0.25) is 13.9 Å². The molecule has 0 fully saturated rings. The van der Waals surface area contributed by atoms with Gasteiger partial charge in [-0.05, 0) is 37.4 Å². The van der Waals surface area contributed by atoms with Crippen LogP contribution in [0.2, 0.25) is 0 Å². The summed E-state index contributed by atoms with van der Waals surface area (Å²) in [5.41, 5.74) is 1.27. The van der Waals surface area contributed by atoms with Crippen LogP contribution >= 0.6 is 11.8 Å². The molecule has 0 aliphatic heterocycles. The zero-order chi connectivity index (χ0) is 19.3. The molecule has 0 unspecified atom stereocenters. The Kier molecular flexibility index (Phi) is 6.44. The lowest BCUT2D eigenvalue weighted by Crippen LogP contribution is -2.37. The molecule has 1 N–H and O–H groups in total. The largest absolute Gasteiger partial charge is 0.323 e. The summed E-state index contributed by atoms with van der Waals surface area (Å²) in [6, 6.07) is 13.5. The minimum Gasteiger partial charge on any atom is -0.323 e. The standard InChI is InChI=1S/C18H20N2O4S2/c1-13(21)14-7-6-8-15(11-14)20(26(3,23)24)12-18(22)19-16-9-4-5-10-17(16)25-2/h4-11H,12H2,1-3H3,(H,19,22). The van der Waals surface area contributed by atoms with Gasteiger partial charge in [0, 0.05) is 10.5 Å². The molecule has 2 aromatic rings. The number of nitrogens with one attached hydrogen (secondary N) is 1. The fourth-order valence-electron chi connectivity index (χ4n) is 2.35. The van der Waals surface area contributed by atoms with Crippen molar-refractivity contribution in [1.29, 1.82) is 0 Å². The van der Waals surface area contributed by atoms with Gasteiger partial charge in [-0.1, -0.05) is 24.3 Å². The van der Waals surface area contributed by atoms with E-state index in [2.05, 4.69) is 5.32 Å². The summed E-state index contributed by atoms with van der Waals surface area (Å²) in [5.74, 6) is -0.649. The van der Waals surface area contributed by atoms with Crippen LogP contribution < -0.4 is 9.62 Å². The van der Waals surface area contributed by atoms with E-state index < -0.39 is 15.9 Å². The van der Waals surface area contributed by atoms with E-state index in [-0.39, 0.29) is 18.0 Å². The summed E-state index contributed by atoms with van der Waals surface area (Å²) in [6.07, 6.45) is 2.91. The van der Waals surface area contributed by atoms with Gasteiger partial charge in [0.2, 0.25) is 15.9 Å². The molecule has 0 aromatic heterocycles. The summed E-state index contributed by atoms with van der Waals surface area (Å²) in [4.78, 5) is 24.9. The van der Waals surface area contributed by atoms with Gasteiger partial charge < -0.3 is 5.32 Å². The number of hydrogen-bond donors (Lipinski definition) is 1. The number of carbonyl (C=O) groups is 2. The average molecular weight is 393 g/mol. The highest BCUT2D eigenvalue weighted by Gasteiger charge is 2.22. The Hall–Kier alpha value is -2.32. The fraction of sp³-hybridized carbons (Fsp3) is 0.222. The third-order valence-electron chi connectivity index (χ3n) is 3.61. The number of thioether (sulfide) groups is 1. The topological polar surface area (TPSA) is 83.6 Å². The quantitative estimate of drug-likeness (QED) is 0.578. The third-order valence-corrected chi connectivity index (χ3v) is 5.55. The van der Waals surface area contributed by atoms with Gasteiger partial charge in [0.1, 0.15) is 6.54 Å². The highest BCUT2D eigenvalue weighted by Crippen LogP contribution is 2.25. The lowest BCUT2D eigenvalue weighted by molar-refractivity contribution is -0.114. The Morgan fingerprint density at radius 3 is 2.42 bits per heavy atom. The molecule has 0 saturated carbocycles. The van der Waals surface area contributed by atoms with E-state index in [9.17, 15) is 18.0 Å². The molecular weight excluding hydrogens is 372 g/mol. The Morgan fingerprint density at radius 1 is 1.12 bits per heavy atom. The van der Waals surface area contributed by atoms with E-state index in [1.165, 1.54) is 24.8 Å². The number of hydrogen-bond acceptors (Lipinski definition) is 5. The fourth-order valence-corrected chi connectivity index (χ4v) is 3.75. The SMILES string of the molecule is CSc1ccccc1NC(=O)CN(c1cccc(C(C)=O)c1)S(C)(=O)=O. The molecule has 0 spiro atoms. The van der Waals surface area contributed by atoms with Crippen molar-refractivity contribution in [2.45, 2.75) is 11.8 Å². The maximum absolute atomic E-state index is 12.4. The van der Waals surface area contributed by atoms with Gasteiger partial charge in [0.25, 0.3) is 0 Å². The Balaban J connectivity index is 2.28. The highest BCUT2D eigenvalue weighted by molar-refractivity contribution is 7.98. The molecule has 26 heavy (non-hydrogen) atoms. The second kappa shape index (κ2) is 8.37. The van der Waals surface area contributed by atoms with Crippen LogP contribution in [0.1, 0.15) is 17.3 Å². The first-order chi connectivity index (χ1) is 12.2. The van der Waals surface area contributed by atoms with Gasteiger partial charge in [0.05, 0.1) is 17.6 Å². The summed E-state index contributed by atoms with van der Waals surface area (Å²) >= 11 is 1.48. The van der Waals surface area contributed by atoms with E-state index in [0.29, 0.717) is 11.3 Å². The first-order valence-corrected chi connectivity index (χ1v) is 10.8. The number of benzene rings is 2. The van der Waals surface area contributed by atoms with Crippen molar-refractivity contribution >= 4 is 44.9 Å². The molecule has 0 aliphatic rings. The molecule has 1 amide bonds. The third kappa shape index (κ3) is 5.09. The molecule has 8 heteroatoms. The number of sulfonamides is 1. The maximum atomic E-state index is 12.4. The number of rotatable bonds is 7. The monoisotopic (exact) mass is 392 g/mol. The van der Waals surface area contributed by atoms with Crippen molar-refractivity contribution in [2.24, 2.45) is 0 Å². The maximum Gasteiger partial charge on any atom is 0.245 e. The van der Waals surface area contributed by atoms with Crippen molar-refractivity contribution in [3.05, 3.63) is 54.1 Å². The number of carbonyl (C=O) groups excluding carboxylic acids is 2. The van der Waals surface area contributed by atoms with Gasteiger partial charge >= 0.3 is 0 Å². The van der Waals surface area contributed by atoms with Crippen LogP contribution in [-0.4, -0.2) is 39.2 Å². The summed E-state index contributed by atoms with van der Waals surface area (Å²) in [6.45, 7) is 1.01. The molecule has 0 bridgehead atoms. The molecule has 0 atom stereocenters. The first kappa shape index (κ1) is 20.0. The van der Waals surface area contributed by atoms with E-state index in [1.807, 2.05) is 18.4 Å². The van der Waals surface area contributed by atoms with Crippen molar-refractivity contribution in [2.75, 3.05) is 28.7 Å². The summed E-state index contributed by atoms with van der Waals surface area (Å²) in [7, 11) is -3.71. The smallest absolute Gasteiger partial charge is 0.245 e. The highest BCUT2D eigenvalue weighted by atomic mass is 32.2. The second-order valence-electron chi connectivity index (χ2n) is 5.62. The lowest BCUT2D eigenvalue weighted by Gasteiger charge is -2.22. The number of ketones is 1. The molecule has 0 aliphatic carbocycles. The average Bonchev–Trinajstić information content (AvgIpc) is 2.59. The van der Waals surface area contributed by atoms with Crippen LogP contribution in [0.15, 0.2) is 53.4 Å². The minimum absolute atomic E-state index is 0.182. The number of amides is 1. The van der Waals surface area contributed by atoms with Gasteiger partial charge in [0.15, 0.2) is 5.78 Å². The van der Waals surface area contributed by atoms with Crippen LogP contribution in [0.25, 0.3) is 0 Å². The van der Waals surface area contributed by atoms with Crippen LogP contribution in [0.5, 0.6) is 0 Å². The Morgan fingerprint density at radius 2 is 1.81 bits per heavy atom. The van der Waals surface area contributed by atoms with Crippen molar-refractivity contribution in [1.82, 2.24) is 0 Å². The molecular formula is C18H20N2O4S2. The van der Waals surface area contributed by atoms with Crippen LogP contribution in [-0.2, 0) is 14.8 Å². The second-order valence-corrected chi connectivity index (χ2v) is 8.38. The van der Waals surface area contributed by atoms with E-state index in [0.717, 1.165) is 15.5 Å². The molecule has 6 nitrogen and oxygen atoms in total. The predicted molar refractivity (Wildman–Crippen MR) is 105 cm³/mol. The predicted octanol–water partition coefficient (Wildman–Crippen LogP) is 3.02. The number of anilines is 2. The number of nitrogens with zero attached hydrogens (tertiary/aromatic N) is 1. The van der Waals surface area contributed by atoms with E-state index in [1.54, 1.807) is 30.3 Å². The van der Waals surface area contributed by atoms with Crippen LogP contribution in [0.3, 0.4) is 0 Å². The summed E-state index contributed by atoms with van der Waals surface area (Å²) in [5, 5.41) is 2.74. The van der Waals surface area contributed by atoms with Gasteiger partial charge in [-0.2, -0.15) is 0 Å². The molecule has 0 heterocycles. The molecule has 2 aromatic carbocycles. The van der Waals surface area contributed by atoms with Crippen LogP contribution in [0.4, 0.5) is 11.4 Å². The van der Waals surface area contributed by atoms with Crippen molar-refractivity contribution < 1.29 is 18.0 Å². The lowest BCUT2D eigenvalue weighted by atomic mass is 10.1. The zero-order valence-corrected chi connectivity index (χ0v) is 16.4. The molecule has 138 valence electrons. The molecule has 2 rings (SSSR count). The molecule has 0 radical (unpaired) electrons. The van der Waals surface area contributed by atoms with Crippen molar-refractivity contribution in [3.63, 3.8) is 0 Å². The number of Topliss-reactive ketones (excluding diaryl/α,β-unsaturated/α-hetero) is 1. The summed E-state index contributed by atoms with van der Waals surface area (Å²) < 4.78 is 25.3. The Labute approximate surface area is 157 Å². The zero-order valence-electron chi connectivity index (χ0n) is 14.7. The first-order valence-electron chi connectivity index (χ1n) is 7.74. The van der Waals surface area contributed by atoms with Gasteiger partial charge in [-0.15, -0.1) is 11.8 Å².